The minimum atomic E-state index is -0.493. The summed E-state index contributed by atoms with van der Waals surface area (Å²) in [5.74, 6) is 0.745. The first-order valence-corrected chi connectivity index (χ1v) is 8.52. The third-order valence-electron chi connectivity index (χ3n) is 3.59. The fourth-order valence-electron chi connectivity index (χ4n) is 2.67. The Bertz CT molecular complexity index is 498. The zero-order valence-electron chi connectivity index (χ0n) is 12.5. The Morgan fingerprint density at radius 2 is 2.29 bits per heavy atom. The Kier molecular flexibility index (Phi) is 5.85. The Labute approximate surface area is 129 Å². The van der Waals surface area contributed by atoms with Crippen molar-refractivity contribution in [2.24, 2.45) is 0 Å². The summed E-state index contributed by atoms with van der Waals surface area (Å²) in [6.07, 6.45) is 4.37. The fourth-order valence-corrected chi connectivity index (χ4v) is 3.87. The van der Waals surface area contributed by atoms with E-state index in [1.165, 1.54) is 6.07 Å². The number of pyridine rings is 1. The van der Waals surface area contributed by atoms with E-state index in [4.69, 9.17) is 0 Å². The van der Waals surface area contributed by atoms with Gasteiger partial charge in [-0.1, -0.05) is 13.3 Å². The molecule has 2 atom stereocenters. The molecule has 0 aliphatic heterocycles. The number of rotatable bonds is 6. The summed E-state index contributed by atoms with van der Waals surface area (Å²) in [6, 6.07) is 1.41. The van der Waals surface area contributed by atoms with Crippen LogP contribution in [0.25, 0.3) is 0 Å². The lowest BCUT2D eigenvalue weighted by Gasteiger charge is -2.20. The van der Waals surface area contributed by atoms with Gasteiger partial charge in [-0.2, -0.15) is 11.8 Å². The third kappa shape index (κ3) is 4.09. The van der Waals surface area contributed by atoms with Gasteiger partial charge in [0.15, 0.2) is 0 Å². The van der Waals surface area contributed by atoms with E-state index in [1.54, 1.807) is 0 Å². The lowest BCUT2D eigenvalue weighted by Crippen LogP contribution is -2.39. The Balaban J connectivity index is 2.10. The van der Waals surface area contributed by atoms with E-state index in [-0.39, 0.29) is 17.5 Å². The summed E-state index contributed by atoms with van der Waals surface area (Å²) in [5.41, 5.74) is 0.281. The average Bonchev–Trinajstić information content (AvgIpc) is 2.89. The van der Waals surface area contributed by atoms with Crippen LogP contribution in [0.3, 0.4) is 0 Å². The van der Waals surface area contributed by atoms with Gasteiger partial charge in [-0.15, -0.1) is 0 Å². The van der Waals surface area contributed by atoms with E-state index < -0.39 is 5.82 Å². The van der Waals surface area contributed by atoms with Gasteiger partial charge in [0.2, 0.25) is 0 Å². The Hall–Kier alpha value is -1.30. The quantitative estimate of drug-likeness (QED) is 0.848. The molecule has 0 radical (unpaired) electrons. The van der Waals surface area contributed by atoms with Gasteiger partial charge in [-0.3, -0.25) is 4.79 Å². The molecule has 0 bridgehead atoms. The summed E-state index contributed by atoms with van der Waals surface area (Å²) in [7, 11) is 0. The molecule has 1 aliphatic rings. The maximum absolute atomic E-state index is 13.4. The highest BCUT2D eigenvalue weighted by Crippen LogP contribution is 2.30. The summed E-state index contributed by atoms with van der Waals surface area (Å²) < 4.78 is 13.4. The number of carbonyl (C=O) groups is 1. The van der Waals surface area contributed by atoms with E-state index in [9.17, 15) is 9.18 Å². The minimum absolute atomic E-state index is 0.167. The number of thioether (sulfide) groups is 1. The molecule has 116 valence electrons. The van der Waals surface area contributed by atoms with Crippen LogP contribution in [-0.4, -0.2) is 34.5 Å². The van der Waals surface area contributed by atoms with Crippen molar-refractivity contribution in [2.75, 3.05) is 17.6 Å². The van der Waals surface area contributed by atoms with Crippen LogP contribution >= 0.6 is 11.8 Å². The topological polar surface area (TPSA) is 54.0 Å². The largest absolute Gasteiger partial charge is 0.370 e. The molecule has 1 heterocycles. The van der Waals surface area contributed by atoms with E-state index in [2.05, 4.69) is 22.5 Å². The van der Waals surface area contributed by atoms with Crippen LogP contribution in [0.2, 0.25) is 0 Å². The number of hydrogen-bond acceptors (Lipinski definition) is 4. The summed E-state index contributed by atoms with van der Waals surface area (Å²) >= 11 is 1.88. The molecule has 1 aromatic heterocycles. The van der Waals surface area contributed by atoms with Crippen LogP contribution in [0.5, 0.6) is 0 Å². The van der Waals surface area contributed by atoms with Gasteiger partial charge in [0.05, 0.1) is 11.8 Å². The summed E-state index contributed by atoms with van der Waals surface area (Å²) in [6.45, 7) is 4.68. The highest BCUT2D eigenvalue weighted by atomic mass is 32.2. The number of carbonyl (C=O) groups excluding carboxylic acids is 1. The number of halogens is 1. The van der Waals surface area contributed by atoms with Gasteiger partial charge in [0, 0.05) is 17.8 Å². The predicted octanol–water partition coefficient (Wildman–Crippen LogP) is 3.06. The summed E-state index contributed by atoms with van der Waals surface area (Å²) in [5, 5.41) is 6.51. The molecule has 2 rings (SSSR count). The Morgan fingerprint density at radius 3 is 3.00 bits per heavy atom. The first-order chi connectivity index (χ1) is 10.2. The molecule has 0 saturated heterocycles. The number of anilines is 1. The minimum Gasteiger partial charge on any atom is -0.370 e. The van der Waals surface area contributed by atoms with Crippen LogP contribution in [0.15, 0.2) is 12.3 Å². The van der Waals surface area contributed by atoms with Crippen molar-refractivity contribution in [3.63, 3.8) is 0 Å². The SMILES string of the molecule is CCNc1ncc(F)cc1C(=O)NC1CCCC1SCC. The zero-order chi connectivity index (χ0) is 15.2. The molecule has 1 aliphatic carbocycles. The lowest BCUT2D eigenvalue weighted by molar-refractivity contribution is 0.0938. The van der Waals surface area contributed by atoms with Crippen molar-refractivity contribution < 1.29 is 9.18 Å². The molecule has 1 aromatic rings. The summed E-state index contributed by atoms with van der Waals surface area (Å²) in [4.78, 5) is 16.4. The molecule has 2 unspecified atom stereocenters. The Morgan fingerprint density at radius 1 is 1.48 bits per heavy atom. The fraction of sp³-hybridized carbons (Fsp3) is 0.600. The van der Waals surface area contributed by atoms with E-state index in [0.29, 0.717) is 17.6 Å². The van der Waals surface area contributed by atoms with Gasteiger partial charge in [0.1, 0.15) is 11.6 Å². The molecule has 0 spiro atoms. The monoisotopic (exact) mass is 311 g/mol. The van der Waals surface area contributed by atoms with Gasteiger partial charge in [-0.25, -0.2) is 9.37 Å². The van der Waals surface area contributed by atoms with Crippen LogP contribution in [-0.2, 0) is 0 Å². The van der Waals surface area contributed by atoms with Crippen molar-refractivity contribution >= 4 is 23.5 Å². The van der Waals surface area contributed by atoms with Gasteiger partial charge in [0.25, 0.3) is 5.91 Å². The van der Waals surface area contributed by atoms with Crippen molar-refractivity contribution in [1.82, 2.24) is 10.3 Å². The zero-order valence-corrected chi connectivity index (χ0v) is 13.3. The lowest BCUT2D eigenvalue weighted by atomic mass is 10.2. The average molecular weight is 311 g/mol. The third-order valence-corrected chi connectivity index (χ3v) is 4.92. The number of hydrogen-bond donors (Lipinski definition) is 2. The number of nitrogens with one attached hydrogen (secondary N) is 2. The molecular formula is C15H22FN3OS. The second kappa shape index (κ2) is 7.64. The molecule has 4 nitrogen and oxygen atoms in total. The first kappa shape index (κ1) is 16.1. The number of nitrogens with zero attached hydrogens (tertiary/aromatic N) is 1. The highest BCUT2D eigenvalue weighted by molar-refractivity contribution is 7.99. The van der Waals surface area contributed by atoms with E-state index >= 15 is 0 Å². The van der Waals surface area contributed by atoms with Crippen LogP contribution in [0.4, 0.5) is 10.2 Å². The molecule has 1 fully saturated rings. The molecular weight excluding hydrogens is 289 g/mol. The van der Waals surface area contributed by atoms with Crippen LogP contribution < -0.4 is 10.6 Å². The molecule has 6 heteroatoms. The first-order valence-electron chi connectivity index (χ1n) is 7.47. The molecule has 2 N–H and O–H groups in total. The van der Waals surface area contributed by atoms with Gasteiger partial charge < -0.3 is 10.6 Å². The van der Waals surface area contributed by atoms with Crippen molar-refractivity contribution in [3.8, 4) is 0 Å². The smallest absolute Gasteiger partial charge is 0.255 e. The number of aromatic nitrogens is 1. The molecule has 0 aromatic carbocycles. The predicted molar refractivity (Wildman–Crippen MR) is 85.4 cm³/mol. The van der Waals surface area contributed by atoms with Gasteiger partial charge in [-0.05, 0) is 31.6 Å². The maximum Gasteiger partial charge on any atom is 0.255 e. The maximum atomic E-state index is 13.4. The number of amides is 1. The van der Waals surface area contributed by atoms with Gasteiger partial charge >= 0.3 is 0 Å². The highest BCUT2D eigenvalue weighted by Gasteiger charge is 2.29. The van der Waals surface area contributed by atoms with Crippen LogP contribution in [0.1, 0.15) is 43.5 Å². The second-order valence-corrected chi connectivity index (χ2v) is 6.60. The standard InChI is InChI=1S/C15H22FN3OS/c1-3-17-14-11(8-10(16)9-18-14)15(20)19-12-6-5-7-13(12)21-4-2/h8-9,12-13H,3-7H2,1-2H3,(H,17,18)(H,19,20). The van der Waals surface area contributed by atoms with Crippen molar-refractivity contribution in [3.05, 3.63) is 23.6 Å². The molecule has 1 amide bonds. The normalized spacial score (nSPS) is 21.3. The van der Waals surface area contributed by atoms with Crippen molar-refractivity contribution in [2.45, 2.75) is 44.4 Å². The molecule has 1 saturated carbocycles. The van der Waals surface area contributed by atoms with Crippen molar-refractivity contribution in [1.29, 1.82) is 0 Å². The molecule has 21 heavy (non-hydrogen) atoms. The van der Waals surface area contributed by atoms with E-state index in [1.807, 2.05) is 18.7 Å². The second-order valence-electron chi connectivity index (χ2n) is 5.08. The van der Waals surface area contributed by atoms with E-state index in [0.717, 1.165) is 31.2 Å². The van der Waals surface area contributed by atoms with Crippen LogP contribution in [0, 0.1) is 5.82 Å².